The van der Waals surface area contributed by atoms with E-state index in [2.05, 4.69) is 21.3 Å². The van der Waals surface area contributed by atoms with Gasteiger partial charge >= 0.3 is 6.18 Å². The second-order valence-electron chi connectivity index (χ2n) is 9.79. The molecular formula is C27H25F5N4O5. The molecule has 41 heavy (non-hydrogen) atoms. The highest BCUT2D eigenvalue weighted by molar-refractivity contribution is 6.38. The number of hydrogen-bond donors (Lipinski definition) is 4. The Bertz CT molecular complexity index is 1380. The number of ketones is 1. The van der Waals surface area contributed by atoms with Gasteiger partial charge in [-0.3, -0.25) is 24.0 Å². The van der Waals surface area contributed by atoms with Crippen LogP contribution in [0.3, 0.4) is 0 Å². The van der Waals surface area contributed by atoms with E-state index >= 15 is 0 Å². The number of carbonyl (C=O) groups excluding carboxylic acids is 5. The van der Waals surface area contributed by atoms with Crippen LogP contribution in [0.5, 0.6) is 0 Å². The minimum atomic E-state index is -4.73. The topological polar surface area (TPSA) is 133 Å². The molecule has 0 spiro atoms. The van der Waals surface area contributed by atoms with Gasteiger partial charge in [0.1, 0.15) is 0 Å². The number of Topliss-reactive ketones (excluding diaryl/α,β-unsaturated/α-hetero) is 1. The number of halogens is 5. The highest BCUT2D eigenvalue weighted by Crippen LogP contribution is 2.30. The van der Waals surface area contributed by atoms with E-state index in [-0.39, 0.29) is 24.1 Å². The second-order valence-corrected chi connectivity index (χ2v) is 9.79. The van der Waals surface area contributed by atoms with Crippen molar-refractivity contribution in [3.05, 3.63) is 64.7 Å². The van der Waals surface area contributed by atoms with Crippen LogP contribution in [-0.4, -0.2) is 48.0 Å². The molecule has 1 aliphatic carbocycles. The first-order valence-corrected chi connectivity index (χ1v) is 12.7. The molecule has 1 aliphatic heterocycles. The second kappa shape index (κ2) is 12.0. The Kier molecular flexibility index (Phi) is 8.69. The van der Waals surface area contributed by atoms with Crippen molar-refractivity contribution in [3.8, 4) is 0 Å². The average molecular weight is 581 g/mol. The van der Waals surface area contributed by atoms with Gasteiger partial charge in [-0.2, -0.15) is 13.2 Å². The fourth-order valence-corrected chi connectivity index (χ4v) is 4.29. The Morgan fingerprint density at radius 3 is 2.32 bits per heavy atom. The van der Waals surface area contributed by atoms with Crippen molar-refractivity contribution in [1.82, 2.24) is 16.0 Å². The number of benzene rings is 2. The summed E-state index contributed by atoms with van der Waals surface area (Å²) >= 11 is 0. The molecule has 1 heterocycles. The number of amides is 4. The van der Waals surface area contributed by atoms with Crippen LogP contribution in [0.25, 0.3) is 0 Å². The van der Waals surface area contributed by atoms with Crippen LogP contribution in [0.15, 0.2) is 42.5 Å². The highest BCUT2D eigenvalue weighted by atomic mass is 19.4. The molecule has 0 radical (unpaired) electrons. The molecule has 4 amide bonds. The van der Waals surface area contributed by atoms with E-state index in [4.69, 9.17) is 0 Å². The van der Waals surface area contributed by atoms with Crippen LogP contribution in [0.4, 0.5) is 27.6 Å². The fourth-order valence-electron chi connectivity index (χ4n) is 4.29. The van der Waals surface area contributed by atoms with Crippen molar-refractivity contribution >= 4 is 35.1 Å². The minimum Gasteiger partial charge on any atom is -0.356 e. The summed E-state index contributed by atoms with van der Waals surface area (Å²) in [6.45, 7) is 0.328. The van der Waals surface area contributed by atoms with Crippen LogP contribution in [0.2, 0.25) is 0 Å². The number of hydrogen-bond acceptors (Lipinski definition) is 5. The molecule has 2 aliphatic rings. The molecule has 1 saturated heterocycles. The third-order valence-corrected chi connectivity index (χ3v) is 6.68. The van der Waals surface area contributed by atoms with E-state index in [0.717, 1.165) is 36.4 Å². The van der Waals surface area contributed by atoms with E-state index in [1.165, 1.54) is 0 Å². The molecule has 2 fully saturated rings. The van der Waals surface area contributed by atoms with Crippen LogP contribution >= 0.6 is 0 Å². The Balaban J connectivity index is 1.61. The van der Waals surface area contributed by atoms with E-state index < -0.39 is 70.3 Å². The van der Waals surface area contributed by atoms with E-state index in [1.807, 2.05) is 0 Å². The molecule has 2 aromatic carbocycles. The number of nitrogens with one attached hydrogen (secondary N) is 4. The minimum absolute atomic E-state index is 0.182. The maximum Gasteiger partial charge on any atom is 0.416 e. The molecule has 14 heteroatoms. The normalized spacial score (nSPS) is 17.5. The van der Waals surface area contributed by atoms with Crippen molar-refractivity contribution in [2.75, 3.05) is 11.9 Å². The molecule has 0 aromatic heterocycles. The van der Waals surface area contributed by atoms with Gasteiger partial charge in [0.05, 0.1) is 22.9 Å². The van der Waals surface area contributed by atoms with Crippen molar-refractivity contribution in [1.29, 1.82) is 0 Å². The Morgan fingerprint density at radius 1 is 0.976 bits per heavy atom. The van der Waals surface area contributed by atoms with Gasteiger partial charge in [0, 0.05) is 29.6 Å². The van der Waals surface area contributed by atoms with Crippen LogP contribution in [-0.2, 0) is 20.6 Å². The molecule has 2 unspecified atom stereocenters. The maximum absolute atomic E-state index is 13.5. The van der Waals surface area contributed by atoms with Gasteiger partial charge in [0.25, 0.3) is 24.1 Å². The zero-order valence-corrected chi connectivity index (χ0v) is 21.3. The summed E-state index contributed by atoms with van der Waals surface area (Å²) in [5.74, 6) is -5.28. The van der Waals surface area contributed by atoms with Crippen molar-refractivity contribution in [2.24, 2.45) is 5.92 Å². The van der Waals surface area contributed by atoms with Crippen LogP contribution < -0.4 is 21.3 Å². The SMILES string of the molecule is O=C(NC1CC1)C(=O)C(CC1CCNC1=O)NC(=O)c1cc(C(F)F)ccc1NC(=O)c1cccc(C(F)(F)F)c1. The summed E-state index contributed by atoms with van der Waals surface area (Å²) in [7, 11) is 0. The van der Waals surface area contributed by atoms with Gasteiger partial charge in [-0.15, -0.1) is 0 Å². The standard InChI is InChI=1S/C27H25F5N4O5/c28-22(29)13-4-7-19(35-24(39)14-2-1-3-16(10-14)27(30,31)32)18(11-13)25(40)36-20(12-15-8-9-33-23(15)38)21(37)26(41)34-17-5-6-17/h1-4,7,10-11,15,17,20,22H,5-6,8-9,12H2,(H,33,38)(H,34,41)(H,35,39)(H,36,40). The summed E-state index contributed by atoms with van der Waals surface area (Å²) in [6.07, 6.45) is -6.31. The molecule has 2 atom stereocenters. The summed E-state index contributed by atoms with van der Waals surface area (Å²) in [5.41, 5.74) is -2.99. The number of anilines is 1. The third-order valence-electron chi connectivity index (χ3n) is 6.68. The first kappa shape index (κ1) is 29.6. The van der Waals surface area contributed by atoms with E-state index in [1.54, 1.807) is 0 Å². The van der Waals surface area contributed by atoms with Crippen LogP contribution in [0.1, 0.15) is 64.0 Å². The molecule has 2 aromatic rings. The zero-order chi connectivity index (χ0) is 29.9. The molecule has 218 valence electrons. The van der Waals surface area contributed by atoms with Gasteiger partial charge in [-0.25, -0.2) is 8.78 Å². The predicted molar refractivity (Wildman–Crippen MR) is 134 cm³/mol. The van der Waals surface area contributed by atoms with Crippen molar-refractivity contribution in [2.45, 2.75) is 50.4 Å². The highest BCUT2D eigenvalue weighted by Gasteiger charge is 2.36. The van der Waals surface area contributed by atoms with E-state index in [9.17, 15) is 45.9 Å². The first-order chi connectivity index (χ1) is 19.3. The smallest absolute Gasteiger partial charge is 0.356 e. The van der Waals surface area contributed by atoms with Gasteiger partial charge < -0.3 is 21.3 Å². The molecule has 1 saturated carbocycles. The average Bonchev–Trinajstić information content (AvgIpc) is 3.65. The Labute approximate surface area is 230 Å². The Hall–Kier alpha value is -4.36. The van der Waals surface area contributed by atoms with Crippen LogP contribution in [0, 0.1) is 5.92 Å². The molecular weight excluding hydrogens is 555 g/mol. The summed E-state index contributed by atoms with van der Waals surface area (Å²) in [4.78, 5) is 63.7. The van der Waals surface area contributed by atoms with Gasteiger partial charge in [0.2, 0.25) is 11.7 Å². The zero-order valence-electron chi connectivity index (χ0n) is 21.3. The molecule has 4 rings (SSSR count). The lowest BCUT2D eigenvalue weighted by atomic mass is 9.95. The largest absolute Gasteiger partial charge is 0.416 e. The third kappa shape index (κ3) is 7.44. The molecule has 4 N–H and O–H groups in total. The van der Waals surface area contributed by atoms with Gasteiger partial charge in [-0.1, -0.05) is 12.1 Å². The van der Waals surface area contributed by atoms with Gasteiger partial charge in [0.15, 0.2) is 0 Å². The Morgan fingerprint density at radius 2 is 1.71 bits per heavy atom. The lowest BCUT2D eigenvalue weighted by Crippen LogP contribution is -2.49. The number of alkyl halides is 5. The first-order valence-electron chi connectivity index (χ1n) is 12.7. The summed E-state index contributed by atoms with van der Waals surface area (Å²) < 4.78 is 66.3. The lowest BCUT2D eigenvalue weighted by Gasteiger charge is -2.21. The van der Waals surface area contributed by atoms with Crippen molar-refractivity contribution in [3.63, 3.8) is 0 Å². The fraction of sp³-hybridized carbons (Fsp3) is 0.370. The monoisotopic (exact) mass is 580 g/mol. The quantitative estimate of drug-likeness (QED) is 0.253. The molecule has 9 nitrogen and oxygen atoms in total. The number of carbonyl (C=O) groups is 5. The van der Waals surface area contributed by atoms with Crippen molar-refractivity contribution < 1.29 is 45.9 Å². The van der Waals surface area contributed by atoms with Gasteiger partial charge in [-0.05, 0) is 56.0 Å². The summed E-state index contributed by atoms with van der Waals surface area (Å²) in [5, 5.41) is 9.67. The maximum atomic E-state index is 13.5. The molecule has 0 bridgehead atoms. The predicted octanol–water partition coefficient (Wildman–Crippen LogP) is 3.37. The number of rotatable bonds is 10. The lowest BCUT2D eigenvalue weighted by molar-refractivity contribution is -0.139. The summed E-state index contributed by atoms with van der Waals surface area (Å²) in [6, 6.07) is 4.41. The van der Waals surface area contributed by atoms with E-state index in [0.29, 0.717) is 31.9 Å².